The van der Waals surface area contributed by atoms with E-state index in [0.29, 0.717) is 29.8 Å². The van der Waals surface area contributed by atoms with E-state index in [1.165, 1.54) is 17.4 Å². The van der Waals surface area contributed by atoms with Crippen molar-refractivity contribution in [1.29, 1.82) is 0 Å². The Hall–Kier alpha value is -2.22. The van der Waals surface area contributed by atoms with E-state index in [-0.39, 0.29) is 16.6 Å². The molecular weight excluding hydrogens is 342 g/mol. The highest BCUT2D eigenvalue weighted by atomic mass is 32.2. The number of hydrogen-bond donors (Lipinski definition) is 1. The number of sulfonamides is 1. The average molecular weight is 361 g/mol. The number of hydrogen-bond acceptors (Lipinski definition) is 4. The summed E-state index contributed by atoms with van der Waals surface area (Å²) in [6.45, 7) is 2.64. The van der Waals surface area contributed by atoms with Crippen LogP contribution in [0.2, 0.25) is 0 Å². The molecular formula is C18H19NO5S. The highest BCUT2D eigenvalue weighted by Gasteiger charge is 2.31. The first-order valence-corrected chi connectivity index (χ1v) is 9.26. The van der Waals surface area contributed by atoms with E-state index in [0.717, 1.165) is 0 Å². The zero-order valence-electron chi connectivity index (χ0n) is 14.0. The van der Waals surface area contributed by atoms with E-state index in [4.69, 9.17) is 9.84 Å². The van der Waals surface area contributed by atoms with Crippen molar-refractivity contribution in [3.63, 3.8) is 0 Å². The van der Waals surface area contributed by atoms with Gasteiger partial charge in [-0.1, -0.05) is 24.3 Å². The molecule has 2 aromatic rings. The number of aromatic carboxylic acids is 1. The molecule has 1 heterocycles. The molecule has 0 unspecified atom stereocenters. The lowest BCUT2D eigenvalue weighted by Crippen LogP contribution is -2.31. The molecule has 1 aliphatic heterocycles. The molecule has 1 aliphatic rings. The number of likely N-dealkylation sites (N-methyl/N-ethyl adjacent to an activating group) is 1. The molecule has 6 nitrogen and oxygen atoms in total. The third-order valence-electron chi connectivity index (χ3n) is 4.26. The molecule has 3 rings (SSSR count). The van der Waals surface area contributed by atoms with Crippen LogP contribution in [0, 0.1) is 6.92 Å². The number of ether oxygens (including phenoxy) is 1. The summed E-state index contributed by atoms with van der Waals surface area (Å²) in [5.74, 6) is -1.02. The van der Waals surface area contributed by atoms with Crippen LogP contribution < -0.4 is 0 Å². The Morgan fingerprint density at radius 2 is 1.96 bits per heavy atom. The summed E-state index contributed by atoms with van der Waals surface area (Å²) in [6, 6.07) is 11.5. The molecule has 132 valence electrons. The number of nitrogens with zero attached hydrogens (tertiary/aromatic N) is 1. The lowest BCUT2D eigenvalue weighted by Gasteiger charge is -2.19. The molecule has 0 aliphatic carbocycles. The predicted molar refractivity (Wildman–Crippen MR) is 93.1 cm³/mol. The van der Waals surface area contributed by atoms with Gasteiger partial charge in [0.25, 0.3) is 0 Å². The Morgan fingerprint density at radius 3 is 2.60 bits per heavy atom. The Balaban J connectivity index is 2.03. The smallest absolute Gasteiger partial charge is 0.335 e. The van der Waals surface area contributed by atoms with Gasteiger partial charge in [0, 0.05) is 13.6 Å². The molecule has 1 saturated heterocycles. The first kappa shape index (κ1) is 17.6. The van der Waals surface area contributed by atoms with E-state index in [1.54, 1.807) is 43.3 Å². The maximum absolute atomic E-state index is 12.9. The number of carboxylic acids is 1. The van der Waals surface area contributed by atoms with Gasteiger partial charge in [0.15, 0.2) is 0 Å². The Bertz CT molecular complexity index is 919. The van der Waals surface area contributed by atoms with Crippen molar-refractivity contribution in [1.82, 2.24) is 4.31 Å². The fourth-order valence-electron chi connectivity index (χ4n) is 2.75. The summed E-state index contributed by atoms with van der Waals surface area (Å²) < 4.78 is 32.1. The van der Waals surface area contributed by atoms with Crippen LogP contribution in [0.5, 0.6) is 0 Å². The van der Waals surface area contributed by atoms with Gasteiger partial charge in [-0.15, -0.1) is 0 Å². The molecule has 2 aromatic carbocycles. The standard InChI is InChI=1S/C18H19NO5S/c1-12-16(13-5-3-6-14(9-13)18(20)21)7-4-8-17(12)25(22,23)19(2)10-15-11-24-15/h3-9,15H,10-11H2,1-2H3,(H,20,21)/t15-/m0/s1. The number of carboxylic acid groups (broad SMARTS) is 1. The summed E-state index contributed by atoms with van der Waals surface area (Å²) in [6.07, 6.45) is -0.0319. The fourth-order valence-corrected chi connectivity index (χ4v) is 4.20. The second-order valence-electron chi connectivity index (χ2n) is 6.06. The molecule has 0 saturated carbocycles. The van der Waals surface area contributed by atoms with E-state index in [1.807, 2.05) is 0 Å². The van der Waals surface area contributed by atoms with Gasteiger partial charge in [0.05, 0.1) is 23.2 Å². The fraction of sp³-hybridized carbons (Fsp3) is 0.278. The van der Waals surface area contributed by atoms with Gasteiger partial charge >= 0.3 is 5.97 Å². The summed E-state index contributed by atoms with van der Waals surface area (Å²) in [7, 11) is -2.11. The van der Waals surface area contributed by atoms with Gasteiger partial charge < -0.3 is 9.84 Å². The molecule has 1 fully saturated rings. The molecule has 0 spiro atoms. The van der Waals surface area contributed by atoms with Crippen molar-refractivity contribution in [2.24, 2.45) is 0 Å². The van der Waals surface area contributed by atoms with Crippen molar-refractivity contribution in [2.45, 2.75) is 17.9 Å². The van der Waals surface area contributed by atoms with E-state index in [2.05, 4.69) is 0 Å². The van der Waals surface area contributed by atoms with Crippen LogP contribution in [-0.4, -0.2) is 50.1 Å². The van der Waals surface area contributed by atoms with Crippen LogP contribution in [-0.2, 0) is 14.8 Å². The zero-order chi connectivity index (χ0) is 18.2. The summed E-state index contributed by atoms with van der Waals surface area (Å²) in [4.78, 5) is 11.4. The second-order valence-corrected chi connectivity index (χ2v) is 8.07. The number of carbonyl (C=O) groups is 1. The lowest BCUT2D eigenvalue weighted by atomic mass is 9.99. The maximum atomic E-state index is 12.9. The SMILES string of the molecule is Cc1c(-c2cccc(C(=O)O)c2)cccc1S(=O)(=O)N(C)C[C@H]1CO1. The van der Waals surface area contributed by atoms with Crippen molar-refractivity contribution in [3.8, 4) is 11.1 Å². The van der Waals surface area contributed by atoms with Crippen molar-refractivity contribution in [3.05, 3.63) is 53.6 Å². The predicted octanol–water partition coefficient (Wildman–Crippen LogP) is 2.38. The Kier molecular flexibility index (Phi) is 4.64. The molecule has 0 amide bonds. The quantitative estimate of drug-likeness (QED) is 0.798. The van der Waals surface area contributed by atoms with E-state index < -0.39 is 16.0 Å². The number of rotatable bonds is 6. The van der Waals surface area contributed by atoms with Crippen LogP contribution in [0.1, 0.15) is 15.9 Å². The minimum absolute atomic E-state index is 0.0319. The van der Waals surface area contributed by atoms with Crippen molar-refractivity contribution < 1.29 is 23.1 Å². The normalized spacial score (nSPS) is 16.8. The first-order chi connectivity index (χ1) is 11.8. The lowest BCUT2D eigenvalue weighted by molar-refractivity contribution is 0.0697. The van der Waals surface area contributed by atoms with Gasteiger partial charge in [-0.2, -0.15) is 4.31 Å². The van der Waals surface area contributed by atoms with Gasteiger partial charge in [-0.25, -0.2) is 13.2 Å². The van der Waals surface area contributed by atoms with Crippen LogP contribution in [0.3, 0.4) is 0 Å². The highest BCUT2D eigenvalue weighted by Crippen LogP contribution is 2.30. The first-order valence-electron chi connectivity index (χ1n) is 7.82. The average Bonchev–Trinajstić information content (AvgIpc) is 3.39. The van der Waals surface area contributed by atoms with Crippen LogP contribution in [0.4, 0.5) is 0 Å². The molecule has 7 heteroatoms. The Morgan fingerprint density at radius 1 is 1.28 bits per heavy atom. The van der Waals surface area contributed by atoms with Crippen LogP contribution in [0.15, 0.2) is 47.4 Å². The summed E-state index contributed by atoms with van der Waals surface area (Å²) in [5, 5.41) is 9.16. The number of benzene rings is 2. The molecule has 0 radical (unpaired) electrons. The van der Waals surface area contributed by atoms with Gasteiger partial charge in [0.1, 0.15) is 0 Å². The largest absolute Gasteiger partial charge is 0.478 e. The van der Waals surface area contributed by atoms with Gasteiger partial charge in [-0.3, -0.25) is 0 Å². The third-order valence-corrected chi connectivity index (χ3v) is 6.22. The molecule has 0 bridgehead atoms. The van der Waals surface area contributed by atoms with Crippen LogP contribution >= 0.6 is 0 Å². The van der Waals surface area contributed by atoms with E-state index >= 15 is 0 Å². The highest BCUT2D eigenvalue weighted by molar-refractivity contribution is 7.89. The van der Waals surface area contributed by atoms with Crippen LogP contribution in [0.25, 0.3) is 11.1 Å². The van der Waals surface area contributed by atoms with Crippen molar-refractivity contribution in [2.75, 3.05) is 20.2 Å². The van der Waals surface area contributed by atoms with E-state index in [9.17, 15) is 13.2 Å². The summed E-state index contributed by atoms with van der Waals surface area (Å²) >= 11 is 0. The topological polar surface area (TPSA) is 87.2 Å². The third kappa shape index (κ3) is 3.58. The minimum Gasteiger partial charge on any atom is -0.478 e. The monoisotopic (exact) mass is 361 g/mol. The maximum Gasteiger partial charge on any atom is 0.335 e. The van der Waals surface area contributed by atoms with Gasteiger partial charge in [-0.05, 0) is 41.8 Å². The van der Waals surface area contributed by atoms with Crippen molar-refractivity contribution >= 4 is 16.0 Å². The molecule has 0 aromatic heterocycles. The second kappa shape index (κ2) is 6.59. The summed E-state index contributed by atoms with van der Waals surface area (Å²) in [5.41, 5.74) is 2.12. The molecule has 1 N–H and O–H groups in total. The van der Waals surface area contributed by atoms with Gasteiger partial charge in [0.2, 0.25) is 10.0 Å². The zero-order valence-corrected chi connectivity index (χ0v) is 14.8. The molecule has 25 heavy (non-hydrogen) atoms. The Labute approximate surface area is 146 Å². The molecule has 1 atom stereocenters. The minimum atomic E-state index is -3.64. The number of epoxide rings is 1.